The van der Waals surface area contributed by atoms with Gasteiger partial charge in [-0.05, 0) is 12.7 Å². The third-order valence-corrected chi connectivity index (χ3v) is 1.73. The van der Waals surface area contributed by atoms with Gasteiger partial charge in [-0.15, -0.1) is 0 Å². The van der Waals surface area contributed by atoms with E-state index in [1.807, 2.05) is 0 Å². The van der Waals surface area contributed by atoms with Crippen molar-refractivity contribution in [2.24, 2.45) is 5.92 Å². The molecule has 0 radical (unpaired) electrons. The highest BCUT2D eigenvalue weighted by Gasteiger charge is 2.56. The molecule has 0 spiro atoms. The van der Waals surface area contributed by atoms with Crippen LogP contribution in [0.5, 0.6) is 0 Å². The Morgan fingerprint density at radius 3 is 2.30 bits per heavy atom. The Hall–Kier alpha value is -0.155. The largest absolute Gasteiger partial charge is 0.451 e. The van der Waals surface area contributed by atoms with Crippen molar-refractivity contribution in [3.05, 3.63) is 0 Å². The van der Waals surface area contributed by atoms with Crippen LogP contribution in [0.4, 0.5) is 8.78 Å². The average Bonchev–Trinajstić information content (AvgIpc) is 2.35. The molecule has 0 aromatic carbocycles. The van der Waals surface area contributed by atoms with Crippen molar-refractivity contribution in [1.29, 1.82) is 0 Å². The Kier molecular flexibility index (Phi) is 1.96. The summed E-state index contributed by atoms with van der Waals surface area (Å²) in [5, 5.41) is 16.6. The molecule has 0 bridgehead atoms. The molecule has 1 saturated carbocycles. The van der Waals surface area contributed by atoms with Crippen LogP contribution < -0.4 is 0 Å². The number of halogens is 2. The van der Waals surface area contributed by atoms with E-state index in [1.54, 1.807) is 0 Å². The standard InChI is InChI=1S/C5H9BF2O2/c7-5(8)3-4(5)1-2-6(9)10/h4,9-10H,1-3H2. The van der Waals surface area contributed by atoms with Gasteiger partial charge in [0.25, 0.3) is 5.92 Å². The maximum Gasteiger partial charge on any atom is 0.451 e. The van der Waals surface area contributed by atoms with Gasteiger partial charge in [0.2, 0.25) is 0 Å². The molecular weight excluding hydrogens is 141 g/mol. The molecule has 5 heteroatoms. The first-order chi connectivity index (χ1) is 4.52. The van der Waals surface area contributed by atoms with Crippen LogP contribution in [-0.4, -0.2) is 23.1 Å². The van der Waals surface area contributed by atoms with E-state index in [0.29, 0.717) is 0 Å². The fourth-order valence-corrected chi connectivity index (χ4v) is 0.933. The highest BCUT2D eigenvalue weighted by molar-refractivity contribution is 6.40. The third-order valence-electron chi connectivity index (χ3n) is 1.73. The molecule has 1 rings (SSSR count). The first kappa shape index (κ1) is 7.95. The summed E-state index contributed by atoms with van der Waals surface area (Å²) in [6.07, 6.45) is 0.185. The van der Waals surface area contributed by atoms with Gasteiger partial charge in [0.1, 0.15) is 0 Å². The first-order valence-electron chi connectivity index (χ1n) is 3.26. The minimum Gasteiger partial charge on any atom is -0.427 e. The first-order valence-corrected chi connectivity index (χ1v) is 3.26. The molecule has 1 fully saturated rings. The fraction of sp³-hybridized carbons (Fsp3) is 1.00. The second-order valence-corrected chi connectivity index (χ2v) is 2.72. The lowest BCUT2D eigenvalue weighted by Gasteiger charge is -1.96. The van der Waals surface area contributed by atoms with Gasteiger partial charge in [0, 0.05) is 12.3 Å². The van der Waals surface area contributed by atoms with Gasteiger partial charge in [-0.2, -0.15) is 0 Å². The molecule has 10 heavy (non-hydrogen) atoms. The van der Waals surface area contributed by atoms with Crippen molar-refractivity contribution in [3.8, 4) is 0 Å². The molecular formula is C5H9BF2O2. The van der Waals surface area contributed by atoms with E-state index in [4.69, 9.17) is 10.0 Å². The maximum absolute atomic E-state index is 12.1. The summed E-state index contributed by atoms with van der Waals surface area (Å²) in [5.41, 5.74) is 0. The third kappa shape index (κ3) is 1.92. The number of rotatable bonds is 3. The van der Waals surface area contributed by atoms with Crippen molar-refractivity contribution < 1.29 is 18.8 Å². The van der Waals surface area contributed by atoms with Crippen molar-refractivity contribution in [2.45, 2.75) is 25.1 Å². The highest BCUT2D eigenvalue weighted by Crippen LogP contribution is 2.51. The Balaban J connectivity index is 2.07. The van der Waals surface area contributed by atoms with E-state index in [2.05, 4.69) is 0 Å². The molecule has 58 valence electrons. The van der Waals surface area contributed by atoms with E-state index in [1.165, 1.54) is 0 Å². The number of alkyl halides is 2. The SMILES string of the molecule is OB(O)CCC1CC1(F)F. The normalized spacial score (nSPS) is 28.2. The van der Waals surface area contributed by atoms with Crippen molar-refractivity contribution in [2.75, 3.05) is 0 Å². The van der Waals surface area contributed by atoms with Gasteiger partial charge < -0.3 is 10.0 Å². The fourth-order valence-electron chi connectivity index (χ4n) is 0.933. The predicted molar refractivity (Wildman–Crippen MR) is 32.7 cm³/mol. The van der Waals surface area contributed by atoms with Gasteiger partial charge in [-0.3, -0.25) is 0 Å². The summed E-state index contributed by atoms with van der Waals surface area (Å²) in [7, 11) is -1.43. The molecule has 2 N–H and O–H groups in total. The average molecular weight is 150 g/mol. The van der Waals surface area contributed by atoms with Crippen molar-refractivity contribution in [1.82, 2.24) is 0 Å². The zero-order valence-corrected chi connectivity index (χ0v) is 5.43. The summed E-state index contributed by atoms with van der Waals surface area (Å²) in [6.45, 7) is 0. The minimum absolute atomic E-state index is 0.0558. The zero-order valence-electron chi connectivity index (χ0n) is 5.43. The van der Waals surface area contributed by atoms with Crippen molar-refractivity contribution >= 4 is 7.12 Å². The Morgan fingerprint density at radius 2 is 2.00 bits per heavy atom. The van der Waals surface area contributed by atoms with Gasteiger partial charge in [0.15, 0.2) is 0 Å². The second kappa shape index (κ2) is 2.47. The lowest BCUT2D eigenvalue weighted by molar-refractivity contribution is 0.0978. The monoisotopic (exact) mass is 150 g/mol. The Bertz CT molecular complexity index is 129. The van der Waals surface area contributed by atoms with Gasteiger partial charge >= 0.3 is 7.12 Å². The van der Waals surface area contributed by atoms with Crippen LogP contribution in [0.3, 0.4) is 0 Å². The molecule has 1 atom stereocenters. The second-order valence-electron chi connectivity index (χ2n) is 2.72. The van der Waals surface area contributed by atoms with E-state index in [0.717, 1.165) is 0 Å². The van der Waals surface area contributed by atoms with Gasteiger partial charge in [0.05, 0.1) is 0 Å². The topological polar surface area (TPSA) is 40.5 Å². The summed E-state index contributed by atoms with van der Waals surface area (Å²) < 4.78 is 24.2. The molecule has 1 aliphatic carbocycles. The minimum atomic E-state index is -2.52. The molecule has 0 heterocycles. The summed E-state index contributed by atoms with van der Waals surface area (Å²) in [4.78, 5) is 0. The van der Waals surface area contributed by atoms with Crippen molar-refractivity contribution in [3.63, 3.8) is 0 Å². The molecule has 0 aromatic rings. The van der Waals surface area contributed by atoms with E-state index < -0.39 is 19.0 Å². The highest BCUT2D eigenvalue weighted by atomic mass is 19.3. The molecule has 1 aliphatic rings. The Labute approximate surface area is 58.0 Å². The quantitative estimate of drug-likeness (QED) is 0.575. The number of hydrogen-bond donors (Lipinski definition) is 2. The van der Waals surface area contributed by atoms with Gasteiger partial charge in [-0.1, -0.05) is 0 Å². The van der Waals surface area contributed by atoms with Crippen LogP contribution in [0.25, 0.3) is 0 Å². The van der Waals surface area contributed by atoms with Crippen LogP contribution in [-0.2, 0) is 0 Å². The zero-order chi connectivity index (χ0) is 7.78. The summed E-state index contributed by atoms with van der Waals surface area (Å²) in [5.74, 6) is -3.12. The Morgan fingerprint density at radius 1 is 1.50 bits per heavy atom. The van der Waals surface area contributed by atoms with Crippen LogP contribution in [0.1, 0.15) is 12.8 Å². The number of hydrogen-bond acceptors (Lipinski definition) is 2. The summed E-state index contributed by atoms with van der Waals surface area (Å²) in [6, 6.07) is 0. The molecule has 0 amide bonds. The molecule has 0 aromatic heterocycles. The van der Waals surface area contributed by atoms with Crippen LogP contribution in [0, 0.1) is 5.92 Å². The summed E-state index contributed by atoms with van der Waals surface area (Å²) >= 11 is 0. The lowest BCUT2D eigenvalue weighted by atomic mass is 9.83. The maximum atomic E-state index is 12.1. The van der Waals surface area contributed by atoms with E-state index >= 15 is 0 Å². The van der Waals surface area contributed by atoms with Crippen LogP contribution >= 0.6 is 0 Å². The van der Waals surface area contributed by atoms with E-state index in [9.17, 15) is 8.78 Å². The molecule has 2 nitrogen and oxygen atoms in total. The van der Waals surface area contributed by atoms with Crippen LogP contribution in [0.2, 0.25) is 6.32 Å². The van der Waals surface area contributed by atoms with Crippen LogP contribution in [0.15, 0.2) is 0 Å². The molecule has 1 unspecified atom stereocenters. The molecule has 0 saturated heterocycles. The van der Waals surface area contributed by atoms with Gasteiger partial charge in [-0.25, -0.2) is 8.78 Å². The predicted octanol–water partition coefficient (Wildman–Crippen LogP) is 0.505. The smallest absolute Gasteiger partial charge is 0.427 e. The molecule has 0 aliphatic heterocycles. The van der Waals surface area contributed by atoms with E-state index in [-0.39, 0.29) is 19.2 Å². The lowest BCUT2D eigenvalue weighted by Crippen LogP contribution is -2.10.